The van der Waals surface area contributed by atoms with Gasteiger partial charge < -0.3 is 4.74 Å². The second-order valence-electron chi connectivity index (χ2n) is 5.86. The van der Waals surface area contributed by atoms with Crippen LogP contribution in [0, 0.1) is 18.3 Å². The van der Waals surface area contributed by atoms with Gasteiger partial charge in [-0.2, -0.15) is 5.26 Å². The Kier molecular flexibility index (Phi) is 3.99. The summed E-state index contributed by atoms with van der Waals surface area (Å²) < 4.78 is 32.3. The smallest absolute Gasteiger partial charge is 0.248 e. The van der Waals surface area contributed by atoms with Gasteiger partial charge in [0.2, 0.25) is 5.92 Å². The van der Waals surface area contributed by atoms with Crippen molar-refractivity contribution in [1.29, 1.82) is 5.26 Å². The third-order valence-electron chi connectivity index (χ3n) is 3.95. The van der Waals surface area contributed by atoms with Crippen LogP contribution in [-0.2, 0) is 0 Å². The van der Waals surface area contributed by atoms with Gasteiger partial charge in [0.15, 0.2) is 5.69 Å². The van der Waals surface area contributed by atoms with Crippen molar-refractivity contribution in [3.63, 3.8) is 0 Å². The number of aromatic amines is 1. The van der Waals surface area contributed by atoms with Crippen molar-refractivity contribution in [3.8, 4) is 23.1 Å². The molecule has 3 rings (SSSR count). The summed E-state index contributed by atoms with van der Waals surface area (Å²) in [5.41, 5.74) is 2.38. The fourth-order valence-corrected chi connectivity index (χ4v) is 2.78. The highest BCUT2D eigenvalue weighted by molar-refractivity contribution is 5.66. The van der Waals surface area contributed by atoms with E-state index in [-0.39, 0.29) is 24.6 Å². The lowest BCUT2D eigenvalue weighted by molar-refractivity contribution is -0.0582. The monoisotopic (exact) mass is 318 g/mol. The second-order valence-corrected chi connectivity index (χ2v) is 5.86. The molecule has 2 aromatic rings. The van der Waals surface area contributed by atoms with E-state index in [9.17, 15) is 8.78 Å². The van der Waals surface area contributed by atoms with Crippen LogP contribution in [0.5, 0.6) is 5.75 Å². The van der Waals surface area contributed by atoms with Gasteiger partial charge in [0.1, 0.15) is 17.5 Å². The van der Waals surface area contributed by atoms with E-state index in [1.807, 2.05) is 25.1 Å². The van der Waals surface area contributed by atoms with E-state index in [2.05, 4.69) is 15.4 Å². The Hall–Kier alpha value is -2.49. The minimum absolute atomic E-state index is 0.141. The molecule has 1 aliphatic carbocycles. The minimum atomic E-state index is -2.57. The Balaban J connectivity index is 1.80. The van der Waals surface area contributed by atoms with Crippen LogP contribution in [0.1, 0.15) is 36.9 Å². The lowest BCUT2D eigenvalue weighted by Gasteiger charge is -2.28. The van der Waals surface area contributed by atoms with Crippen molar-refractivity contribution >= 4 is 0 Å². The Morgan fingerprint density at radius 1 is 1.30 bits per heavy atom. The molecule has 1 aromatic heterocycles. The fourth-order valence-electron chi connectivity index (χ4n) is 2.78. The maximum Gasteiger partial charge on any atom is 0.248 e. The van der Waals surface area contributed by atoms with Gasteiger partial charge in [-0.15, -0.1) is 5.10 Å². The number of nitrogens with one attached hydrogen (secondary N) is 1. The lowest BCUT2D eigenvalue weighted by atomic mass is 9.94. The topological polar surface area (TPSA) is 74.6 Å². The summed E-state index contributed by atoms with van der Waals surface area (Å²) in [6.07, 6.45) is 0.182. The first-order valence-electron chi connectivity index (χ1n) is 7.44. The number of hydrogen-bond acceptors (Lipinski definition) is 4. The molecular weight excluding hydrogens is 302 g/mol. The maximum atomic E-state index is 13.2. The lowest BCUT2D eigenvalue weighted by Crippen LogP contribution is -2.30. The quantitative estimate of drug-likeness (QED) is 0.938. The molecule has 0 atom stereocenters. The van der Waals surface area contributed by atoms with Gasteiger partial charge in [-0.05, 0) is 43.5 Å². The third-order valence-corrected chi connectivity index (χ3v) is 3.95. The first kappa shape index (κ1) is 15.4. The molecule has 1 saturated carbocycles. The summed E-state index contributed by atoms with van der Waals surface area (Å²) in [5.74, 6) is -1.97. The number of ether oxygens (including phenoxy) is 1. The van der Waals surface area contributed by atoms with Crippen LogP contribution in [0.4, 0.5) is 8.78 Å². The summed E-state index contributed by atoms with van der Waals surface area (Å²) in [4.78, 5) is 0. The summed E-state index contributed by atoms with van der Waals surface area (Å²) in [6, 6.07) is 7.49. The SMILES string of the molecule is Cc1cc(OC2CCC(F)(F)CC2)cc(-c2nn[nH]c2C#N)c1. The molecule has 0 aliphatic heterocycles. The number of nitrogens with zero attached hydrogens (tertiary/aromatic N) is 3. The van der Waals surface area contributed by atoms with Crippen LogP contribution in [-0.4, -0.2) is 27.4 Å². The van der Waals surface area contributed by atoms with Crippen LogP contribution >= 0.6 is 0 Å². The van der Waals surface area contributed by atoms with E-state index in [1.54, 1.807) is 6.07 Å². The van der Waals surface area contributed by atoms with E-state index in [0.717, 1.165) is 5.56 Å². The van der Waals surface area contributed by atoms with Crippen molar-refractivity contribution in [2.75, 3.05) is 0 Å². The predicted molar refractivity (Wildman–Crippen MR) is 79.1 cm³/mol. The zero-order valence-corrected chi connectivity index (χ0v) is 12.6. The number of aromatic nitrogens is 3. The van der Waals surface area contributed by atoms with E-state index in [1.165, 1.54) is 0 Å². The first-order valence-corrected chi connectivity index (χ1v) is 7.44. The summed E-state index contributed by atoms with van der Waals surface area (Å²) in [6.45, 7) is 1.90. The number of aryl methyl sites for hydroxylation is 1. The summed E-state index contributed by atoms with van der Waals surface area (Å²) >= 11 is 0. The van der Waals surface area contributed by atoms with Gasteiger partial charge in [-0.25, -0.2) is 13.9 Å². The molecule has 120 valence electrons. The molecule has 1 aliphatic rings. The summed E-state index contributed by atoms with van der Waals surface area (Å²) in [5, 5.41) is 19.2. The molecule has 0 unspecified atom stereocenters. The Labute approximate surface area is 132 Å². The van der Waals surface area contributed by atoms with E-state index in [0.29, 0.717) is 29.8 Å². The van der Waals surface area contributed by atoms with Crippen LogP contribution in [0.3, 0.4) is 0 Å². The molecule has 1 fully saturated rings. The predicted octanol–water partition coefficient (Wildman–Crippen LogP) is 3.61. The Morgan fingerprint density at radius 3 is 2.74 bits per heavy atom. The fraction of sp³-hybridized carbons (Fsp3) is 0.438. The zero-order valence-electron chi connectivity index (χ0n) is 12.6. The highest BCUT2D eigenvalue weighted by Crippen LogP contribution is 2.35. The highest BCUT2D eigenvalue weighted by atomic mass is 19.3. The number of alkyl halides is 2. The van der Waals surface area contributed by atoms with E-state index >= 15 is 0 Å². The van der Waals surface area contributed by atoms with Gasteiger partial charge in [-0.1, -0.05) is 5.21 Å². The number of rotatable bonds is 3. The maximum absolute atomic E-state index is 13.2. The van der Waals surface area contributed by atoms with Crippen LogP contribution in [0.15, 0.2) is 18.2 Å². The molecule has 0 saturated heterocycles. The average Bonchev–Trinajstić information content (AvgIpc) is 2.97. The molecule has 1 N–H and O–H groups in total. The largest absolute Gasteiger partial charge is 0.490 e. The Bertz CT molecular complexity index is 741. The first-order chi connectivity index (χ1) is 11.0. The third kappa shape index (κ3) is 3.47. The van der Waals surface area contributed by atoms with E-state index < -0.39 is 5.92 Å². The van der Waals surface area contributed by atoms with Crippen molar-refractivity contribution in [1.82, 2.24) is 15.4 Å². The van der Waals surface area contributed by atoms with Gasteiger partial charge in [0.05, 0.1) is 6.10 Å². The van der Waals surface area contributed by atoms with Crippen LogP contribution in [0.2, 0.25) is 0 Å². The van der Waals surface area contributed by atoms with Gasteiger partial charge in [0, 0.05) is 18.4 Å². The van der Waals surface area contributed by atoms with Crippen molar-refractivity contribution in [3.05, 3.63) is 29.5 Å². The van der Waals surface area contributed by atoms with Crippen molar-refractivity contribution in [2.45, 2.75) is 44.6 Å². The molecule has 7 heteroatoms. The number of hydrogen-bond donors (Lipinski definition) is 1. The van der Waals surface area contributed by atoms with Crippen molar-refractivity contribution in [2.24, 2.45) is 0 Å². The molecule has 0 radical (unpaired) electrons. The molecule has 1 aromatic carbocycles. The number of nitriles is 1. The van der Waals surface area contributed by atoms with Gasteiger partial charge >= 0.3 is 0 Å². The molecule has 23 heavy (non-hydrogen) atoms. The van der Waals surface area contributed by atoms with Gasteiger partial charge in [0.25, 0.3) is 0 Å². The number of benzene rings is 1. The Morgan fingerprint density at radius 2 is 2.04 bits per heavy atom. The molecule has 0 spiro atoms. The average molecular weight is 318 g/mol. The van der Waals surface area contributed by atoms with E-state index in [4.69, 9.17) is 10.00 Å². The van der Waals surface area contributed by atoms with Crippen molar-refractivity contribution < 1.29 is 13.5 Å². The van der Waals surface area contributed by atoms with Crippen LogP contribution in [0.25, 0.3) is 11.3 Å². The number of halogens is 2. The minimum Gasteiger partial charge on any atom is -0.490 e. The molecular formula is C16H16F2N4O. The summed E-state index contributed by atoms with van der Waals surface area (Å²) in [7, 11) is 0. The van der Waals surface area contributed by atoms with Crippen LogP contribution < -0.4 is 4.74 Å². The standard InChI is InChI=1S/C16H16F2N4O/c1-10-6-11(15-14(9-19)20-22-21-15)8-13(7-10)23-12-2-4-16(17,18)5-3-12/h6-8,12H,2-5H2,1H3,(H,20,21,22). The molecule has 5 nitrogen and oxygen atoms in total. The zero-order chi connectivity index (χ0) is 16.4. The normalized spacial score (nSPS) is 17.7. The van der Waals surface area contributed by atoms with Gasteiger partial charge in [-0.3, -0.25) is 0 Å². The molecule has 0 bridgehead atoms. The molecule has 0 amide bonds. The highest BCUT2D eigenvalue weighted by Gasteiger charge is 2.35. The second kappa shape index (κ2) is 5.95. The number of H-pyrrole nitrogens is 1. The molecule has 1 heterocycles.